The molecule has 1 N–H and O–H groups in total. The van der Waals surface area contributed by atoms with E-state index in [1.807, 2.05) is 43.3 Å². The summed E-state index contributed by atoms with van der Waals surface area (Å²) in [5.74, 6) is -0.0107. The first kappa shape index (κ1) is 19.9. The van der Waals surface area contributed by atoms with E-state index in [0.717, 1.165) is 31.9 Å². The lowest BCUT2D eigenvalue weighted by Crippen LogP contribution is -2.51. The maximum atomic E-state index is 12.8. The number of anilines is 1. The molecule has 6 heteroatoms. The number of likely N-dealkylation sites (N-methyl/N-ethyl adjacent to an activating group) is 1. The average Bonchev–Trinajstić information content (AvgIpc) is 3.17. The molecule has 2 atom stereocenters. The smallest absolute Gasteiger partial charge is 0.251 e. The fourth-order valence-electron chi connectivity index (χ4n) is 3.58. The van der Waals surface area contributed by atoms with Crippen LogP contribution in [0.1, 0.15) is 28.2 Å². The van der Waals surface area contributed by atoms with Crippen LogP contribution in [0.15, 0.2) is 41.8 Å². The van der Waals surface area contributed by atoms with Crippen molar-refractivity contribution in [1.82, 2.24) is 15.1 Å². The van der Waals surface area contributed by atoms with Gasteiger partial charge in [-0.15, -0.1) is 11.3 Å². The predicted octanol–water partition coefficient (Wildman–Crippen LogP) is 2.92. The van der Waals surface area contributed by atoms with E-state index >= 15 is 0 Å². The molecule has 27 heavy (non-hydrogen) atoms. The second-order valence-electron chi connectivity index (χ2n) is 7.50. The van der Waals surface area contributed by atoms with Crippen LogP contribution < -0.4 is 10.2 Å². The number of piperazine rings is 1. The topological polar surface area (TPSA) is 38.8 Å². The molecule has 0 radical (unpaired) electrons. The summed E-state index contributed by atoms with van der Waals surface area (Å²) >= 11 is 1.77. The van der Waals surface area contributed by atoms with Gasteiger partial charge in [0.2, 0.25) is 0 Å². The van der Waals surface area contributed by atoms with Gasteiger partial charge in [-0.2, -0.15) is 0 Å². The number of amides is 1. The molecule has 1 aromatic carbocycles. The quantitative estimate of drug-likeness (QED) is 0.829. The summed E-state index contributed by atoms with van der Waals surface area (Å²) < 4.78 is 0. The SMILES string of the molecule is C[C@@H](NC(=O)c1ccc(N(C)C)cc1)[C@H](c1cccs1)N1CCN(C)CC1. The second kappa shape index (κ2) is 8.87. The molecule has 146 valence electrons. The molecular formula is C21H30N4OS. The van der Waals surface area contributed by atoms with Crippen molar-refractivity contribution in [3.63, 3.8) is 0 Å². The summed E-state index contributed by atoms with van der Waals surface area (Å²) in [7, 11) is 6.16. The van der Waals surface area contributed by atoms with E-state index < -0.39 is 0 Å². The van der Waals surface area contributed by atoms with Gasteiger partial charge < -0.3 is 15.1 Å². The van der Waals surface area contributed by atoms with Gasteiger partial charge in [0, 0.05) is 62.4 Å². The molecule has 0 spiro atoms. The van der Waals surface area contributed by atoms with Crippen molar-refractivity contribution in [3.05, 3.63) is 52.2 Å². The van der Waals surface area contributed by atoms with Crippen molar-refractivity contribution in [2.75, 3.05) is 52.2 Å². The summed E-state index contributed by atoms with van der Waals surface area (Å²) in [6.07, 6.45) is 0. The Kier molecular flexibility index (Phi) is 6.52. The third-order valence-corrected chi connectivity index (χ3v) is 6.19. The predicted molar refractivity (Wildman–Crippen MR) is 114 cm³/mol. The zero-order valence-corrected chi connectivity index (χ0v) is 17.5. The fourth-order valence-corrected chi connectivity index (χ4v) is 4.55. The van der Waals surface area contributed by atoms with Gasteiger partial charge in [-0.3, -0.25) is 9.69 Å². The molecular weight excluding hydrogens is 356 g/mol. The number of benzene rings is 1. The van der Waals surface area contributed by atoms with E-state index in [9.17, 15) is 4.79 Å². The Balaban J connectivity index is 1.72. The summed E-state index contributed by atoms with van der Waals surface area (Å²) in [4.78, 5) is 21.0. The highest BCUT2D eigenvalue weighted by molar-refractivity contribution is 7.10. The molecule has 2 heterocycles. The zero-order chi connectivity index (χ0) is 19.4. The molecule has 1 saturated heterocycles. The molecule has 1 aliphatic heterocycles. The van der Waals surface area contributed by atoms with Gasteiger partial charge in [0.1, 0.15) is 0 Å². The molecule has 1 amide bonds. The van der Waals surface area contributed by atoms with Crippen LogP contribution in [0.2, 0.25) is 0 Å². The van der Waals surface area contributed by atoms with Crippen molar-refractivity contribution in [3.8, 4) is 0 Å². The number of hydrogen-bond donors (Lipinski definition) is 1. The van der Waals surface area contributed by atoms with Crippen LogP contribution in [0, 0.1) is 0 Å². The van der Waals surface area contributed by atoms with Crippen LogP contribution in [0.3, 0.4) is 0 Å². The first-order chi connectivity index (χ1) is 13.0. The standard InChI is InChI=1S/C21H30N4OS/c1-16(22-21(26)17-7-9-18(10-8-17)23(2)3)20(19-6-5-15-27-19)25-13-11-24(4)12-14-25/h5-10,15-16,20H,11-14H2,1-4H3,(H,22,26)/t16-,20-/m1/s1. The Labute approximate surface area is 166 Å². The normalized spacial score (nSPS) is 18.1. The maximum Gasteiger partial charge on any atom is 0.251 e. The maximum absolute atomic E-state index is 12.8. The molecule has 0 bridgehead atoms. The first-order valence-corrected chi connectivity index (χ1v) is 10.4. The van der Waals surface area contributed by atoms with E-state index in [1.54, 1.807) is 11.3 Å². The van der Waals surface area contributed by atoms with Crippen LogP contribution in [-0.2, 0) is 0 Å². The van der Waals surface area contributed by atoms with Crippen molar-refractivity contribution >= 4 is 22.9 Å². The van der Waals surface area contributed by atoms with Crippen LogP contribution in [0.5, 0.6) is 0 Å². The van der Waals surface area contributed by atoms with Crippen LogP contribution >= 0.6 is 11.3 Å². The minimum Gasteiger partial charge on any atom is -0.378 e. The Morgan fingerprint density at radius 3 is 2.33 bits per heavy atom. The molecule has 5 nitrogen and oxygen atoms in total. The van der Waals surface area contributed by atoms with Crippen LogP contribution in [-0.4, -0.2) is 69.1 Å². The molecule has 3 rings (SSSR count). The van der Waals surface area contributed by atoms with Gasteiger partial charge in [0.25, 0.3) is 5.91 Å². The number of rotatable bonds is 6. The Morgan fingerprint density at radius 2 is 1.78 bits per heavy atom. The molecule has 1 aromatic heterocycles. The average molecular weight is 387 g/mol. The van der Waals surface area contributed by atoms with Gasteiger partial charge in [-0.1, -0.05) is 6.07 Å². The second-order valence-corrected chi connectivity index (χ2v) is 8.48. The monoisotopic (exact) mass is 386 g/mol. The van der Waals surface area contributed by atoms with Crippen molar-refractivity contribution < 1.29 is 4.79 Å². The highest BCUT2D eigenvalue weighted by Crippen LogP contribution is 2.29. The van der Waals surface area contributed by atoms with Crippen molar-refractivity contribution in [2.45, 2.75) is 19.0 Å². The van der Waals surface area contributed by atoms with E-state index in [1.165, 1.54) is 4.88 Å². The summed E-state index contributed by atoms with van der Waals surface area (Å²) in [5, 5.41) is 5.36. The molecule has 1 fully saturated rings. The number of nitrogens with one attached hydrogen (secondary N) is 1. The summed E-state index contributed by atoms with van der Waals surface area (Å²) in [6, 6.07) is 12.3. The summed E-state index contributed by atoms with van der Waals surface area (Å²) in [5.41, 5.74) is 1.80. The van der Waals surface area contributed by atoms with Crippen LogP contribution in [0.25, 0.3) is 0 Å². The molecule has 0 aliphatic carbocycles. The van der Waals surface area contributed by atoms with Crippen molar-refractivity contribution in [2.24, 2.45) is 0 Å². The third-order valence-electron chi connectivity index (χ3n) is 5.24. The Hall–Kier alpha value is -1.89. The highest BCUT2D eigenvalue weighted by atomic mass is 32.1. The number of nitrogens with zero attached hydrogens (tertiary/aromatic N) is 3. The lowest BCUT2D eigenvalue weighted by Gasteiger charge is -2.40. The Morgan fingerprint density at radius 1 is 1.11 bits per heavy atom. The minimum absolute atomic E-state index is 0.0107. The number of carbonyl (C=O) groups excluding carboxylic acids is 1. The van der Waals surface area contributed by atoms with E-state index in [0.29, 0.717) is 5.56 Å². The van der Waals surface area contributed by atoms with Gasteiger partial charge in [-0.25, -0.2) is 0 Å². The first-order valence-electron chi connectivity index (χ1n) is 9.50. The van der Waals surface area contributed by atoms with Crippen LogP contribution in [0.4, 0.5) is 5.69 Å². The molecule has 2 aromatic rings. The van der Waals surface area contributed by atoms with E-state index in [2.05, 4.69) is 46.6 Å². The third kappa shape index (κ3) is 4.89. The van der Waals surface area contributed by atoms with Gasteiger partial charge in [0.15, 0.2) is 0 Å². The molecule has 0 saturated carbocycles. The van der Waals surface area contributed by atoms with Gasteiger partial charge in [0.05, 0.1) is 6.04 Å². The zero-order valence-electron chi connectivity index (χ0n) is 16.7. The van der Waals surface area contributed by atoms with Gasteiger partial charge >= 0.3 is 0 Å². The largest absolute Gasteiger partial charge is 0.378 e. The number of hydrogen-bond acceptors (Lipinski definition) is 5. The molecule has 1 aliphatic rings. The number of carbonyl (C=O) groups is 1. The fraction of sp³-hybridized carbons (Fsp3) is 0.476. The lowest BCUT2D eigenvalue weighted by molar-refractivity contribution is 0.0799. The van der Waals surface area contributed by atoms with E-state index in [4.69, 9.17) is 0 Å². The molecule has 0 unspecified atom stereocenters. The Bertz CT molecular complexity index is 721. The highest BCUT2D eigenvalue weighted by Gasteiger charge is 2.30. The minimum atomic E-state index is -0.0107. The number of thiophene rings is 1. The summed E-state index contributed by atoms with van der Waals surface area (Å²) in [6.45, 7) is 6.30. The van der Waals surface area contributed by atoms with Gasteiger partial charge in [-0.05, 0) is 49.7 Å². The lowest BCUT2D eigenvalue weighted by atomic mass is 10.0. The van der Waals surface area contributed by atoms with Crippen molar-refractivity contribution in [1.29, 1.82) is 0 Å². The van der Waals surface area contributed by atoms with E-state index in [-0.39, 0.29) is 18.0 Å².